The summed E-state index contributed by atoms with van der Waals surface area (Å²) in [7, 11) is 2.04. The molecule has 2 aliphatic heterocycles. The standard InChI is InChI=1S/C13H21N3O/c1-16-9-12(11-2-5-14-8-11)13(15-16)10-3-6-17-7-4-10/h9-11,14H,2-8H2,1H3. The molecule has 4 nitrogen and oxygen atoms in total. The molecule has 0 bridgehead atoms. The summed E-state index contributed by atoms with van der Waals surface area (Å²) in [5.74, 6) is 1.28. The molecular weight excluding hydrogens is 214 g/mol. The number of rotatable bonds is 2. The molecule has 0 spiro atoms. The van der Waals surface area contributed by atoms with Crippen molar-refractivity contribution in [2.75, 3.05) is 26.3 Å². The highest BCUT2D eigenvalue weighted by atomic mass is 16.5. The number of hydrogen-bond acceptors (Lipinski definition) is 3. The van der Waals surface area contributed by atoms with E-state index in [0.717, 1.165) is 39.1 Å². The minimum Gasteiger partial charge on any atom is -0.381 e. The van der Waals surface area contributed by atoms with E-state index in [-0.39, 0.29) is 0 Å². The van der Waals surface area contributed by atoms with Crippen LogP contribution in [0.5, 0.6) is 0 Å². The third-order valence-corrected chi connectivity index (χ3v) is 4.00. The molecule has 2 aliphatic rings. The Hall–Kier alpha value is -0.870. The summed E-state index contributed by atoms with van der Waals surface area (Å²) < 4.78 is 7.43. The van der Waals surface area contributed by atoms with Crippen LogP contribution >= 0.6 is 0 Å². The second-order valence-corrected chi connectivity index (χ2v) is 5.22. The van der Waals surface area contributed by atoms with Crippen molar-refractivity contribution in [1.29, 1.82) is 0 Å². The van der Waals surface area contributed by atoms with Crippen LogP contribution in [0.2, 0.25) is 0 Å². The summed E-state index contributed by atoms with van der Waals surface area (Å²) in [5, 5.41) is 8.16. The largest absolute Gasteiger partial charge is 0.381 e. The Labute approximate surface area is 102 Å². The fraction of sp³-hybridized carbons (Fsp3) is 0.769. The van der Waals surface area contributed by atoms with Crippen LogP contribution in [-0.2, 0) is 11.8 Å². The van der Waals surface area contributed by atoms with Crippen LogP contribution in [0.1, 0.15) is 42.4 Å². The molecule has 4 heteroatoms. The Balaban J connectivity index is 1.86. The first-order valence-corrected chi connectivity index (χ1v) is 6.66. The van der Waals surface area contributed by atoms with Gasteiger partial charge in [0.15, 0.2) is 0 Å². The molecule has 0 aliphatic carbocycles. The molecule has 1 unspecified atom stereocenters. The lowest BCUT2D eigenvalue weighted by atomic mass is 9.89. The molecule has 2 fully saturated rings. The monoisotopic (exact) mass is 235 g/mol. The molecule has 3 heterocycles. The molecule has 0 saturated carbocycles. The number of nitrogens with one attached hydrogen (secondary N) is 1. The molecule has 1 atom stereocenters. The van der Waals surface area contributed by atoms with Crippen LogP contribution < -0.4 is 5.32 Å². The maximum Gasteiger partial charge on any atom is 0.0692 e. The van der Waals surface area contributed by atoms with Gasteiger partial charge in [-0.15, -0.1) is 0 Å². The Morgan fingerprint density at radius 2 is 2.12 bits per heavy atom. The van der Waals surface area contributed by atoms with Crippen molar-refractivity contribution in [3.05, 3.63) is 17.5 Å². The van der Waals surface area contributed by atoms with Crippen LogP contribution in [0, 0.1) is 0 Å². The average molecular weight is 235 g/mol. The van der Waals surface area contributed by atoms with E-state index in [1.54, 1.807) is 0 Å². The van der Waals surface area contributed by atoms with Crippen LogP contribution in [0.15, 0.2) is 6.20 Å². The van der Waals surface area contributed by atoms with E-state index >= 15 is 0 Å². The Morgan fingerprint density at radius 3 is 2.82 bits per heavy atom. The van der Waals surface area contributed by atoms with E-state index < -0.39 is 0 Å². The lowest BCUT2D eigenvalue weighted by molar-refractivity contribution is 0.0841. The van der Waals surface area contributed by atoms with Gasteiger partial charge in [0.05, 0.1) is 5.69 Å². The Bertz CT molecular complexity index is 376. The summed E-state index contributed by atoms with van der Waals surface area (Å²) >= 11 is 0. The van der Waals surface area contributed by atoms with Gasteiger partial charge in [0.1, 0.15) is 0 Å². The minimum atomic E-state index is 0.612. The second-order valence-electron chi connectivity index (χ2n) is 5.22. The van der Waals surface area contributed by atoms with Crippen molar-refractivity contribution in [3.8, 4) is 0 Å². The number of ether oxygens (including phenoxy) is 1. The van der Waals surface area contributed by atoms with Gasteiger partial charge in [-0.25, -0.2) is 0 Å². The molecule has 3 rings (SSSR count). The van der Waals surface area contributed by atoms with Crippen molar-refractivity contribution in [1.82, 2.24) is 15.1 Å². The van der Waals surface area contributed by atoms with E-state index in [0.29, 0.717) is 11.8 Å². The number of hydrogen-bond donors (Lipinski definition) is 1. The van der Waals surface area contributed by atoms with E-state index in [9.17, 15) is 0 Å². The number of aromatic nitrogens is 2. The highest BCUT2D eigenvalue weighted by Crippen LogP contribution is 2.33. The molecule has 1 aromatic rings. The number of aryl methyl sites for hydroxylation is 1. The topological polar surface area (TPSA) is 39.1 Å². The maximum absolute atomic E-state index is 5.45. The average Bonchev–Trinajstić information content (AvgIpc) is 2.98. The van der Waals surface area contributed by atoms with Crippen molar-refractivity contribution < 1.29 is 4.74 Å². The van der Waals surface area contributed by atoms with E-state index in [1.807, 2.05) is 11.7 Å². The summed E-state index contributed by atoms with van der Waals surface area (Å²) in [4.78, 5) is 0. The van der Waals surface area contributed by atoms with Crippen molar-refractivity contribution in [3.63, 3.8) is 0 Å². The Kier molecular flexibility index (Phi) is 3.16. The molecule has 94 valence electrons. The summed E-state index contributed by atoms with van der Waals surface area (Å²) in [6.45, 7) is 4.04. The molecule has 0 radical (unpaired) electrons. The van der Waals surface area contributed by atoms with E-state index in [1.165, 1.54) is 17.7 Å². The van der Waals surface area contributed by atoms with Gasteiger partial charge in [0.2, 0.25) is 0 Å². The van der Waals surface area contributed by atoms with Crippen LogP contribution in [0.3, 0.4) is 0 Å². The summed E-state index contributed by atoms with van der Waals surface area (Å²) in [5.41, 5.74) is 2.81. The fourth-order valence-corrected chi connectivity index (χ4v) is 3.05. The second kappa shape index (κ2) is 4.78. The van der Waals surface area contributed by atoms with Gasteiger partial charge in [-0.1, -0.05) is 0 Å². The zero-order valence-corrected chi connectivity index (χ0v) is 10.5. The third kappa shape index (κ3) is 2.24. The summed E-state index contributed by atoms with van der Waals surface area (Å²) in [6, 6.07) is 0. The number of nitrogens with zero attached hydrogens (tertiary/aromatic N) is 2. The first-order chi connectivity index (χ1) is 8.34. The molecule has 17 heavy (non-hydrogen) atoms. The SMILES string of the molecule is Cn1cc(C2CCNC2)c(C2CCOCC2)n1. The van der Waals surface area contributed by atoms with Crippen molar-refractivity contribution in [2.24, 2.45) is 7.05 Å². The minimum absolute atomic E-state index is 0.612. The van der Waals surface area contributed by atoms with Gasteiger partial charge >= 0.3 is 0 Å². The van der Waals surface area contributed by atoms with Crippen LogP contribution in [0.25, 0.3) is 0 Å². The highest BCUT2D eigenvalue weighted by Gasteiger charge is 2.27. The lowest BCUT2D eigenvalue weighted by Gasteiger charge is -2.22. The smallest absolute Gasteiger partial charge is 0.0692 e. The highest BCUT2D eigenvalue weighted by molar-refractivity contribution is 5.27. The Morgan fingerprint density at radius 1 is 1.29 bits per heavy atom. The normalized spacial score (nSPS) is 26.5. The van der Waals surface area contributed by atoms with Gasteiger partial charge in [-0.3, -0.25) is 4.68 Å². The third-order valence-electron chi connectivity index (χ3n) is 4.00. The van der Waals surface area contributed by atoms with E-state index in [4.69, 9.17) is 9.84 Å². The maximum atomic E-state index is 5.45. The van der Waals surface area contributed by atoms with Gasteiger partial charge < -0.3 is 10.1 Å². The molecule has 1 aromatic heterocycles. The van der Waals surface area contributed by atoms with Gasteiger partial charge in [-0.2, -0.15) is 5.10 Å². The first kappa shape index (κ1) is 11.2. The molecule has 0 amide bonds. The fourth-order valence-electron chi connectivity index (χ4n) is 3.05. The zero-order valence-electron chi connectivity index (χ0n) is 10.5. The predicted octanol–water partition coefficient (Wildman–Crippen LogP) is 1.39. The van der Waals surface area contributed by atoms with Gasteiger partial charge in [0.25, 0.3) is 0 Å². The van der Waals surface area contributed by atoms with Crippen LogP contribution in [0.4, 0.5) is 0 Å². The van der Waals surface area contributed by atoms with Crippen molar-refractivity contribution in [2.45, 2.75) is 31.1 Å². The molecule has 1 N–H and O–H groups in total. The van der Waals surface area contributed by atoms with Crippen LogP contribution in [-0.4, -0.2) is 36.1 Å². The molecule has 2 saturated heterocycles. The van der Waals surface area contributed by atoms with E-state index in [2.05, 4.69) is 11.5 Å². The summed E-state index contributed by atoms with van der Waals surface area (Å²) in [6.07, 6.45) is 5.73. The first-order valence-electron chi connectivity index (χ1n) is 6.66. The lowest BCUT2D eigenvalue weighted by Crippen LogP contribution is -2.17. The van der Waals surface area contributed by atoms with Crippen molar-refractivity contribution >= 4 is 0 Å². The van der Waals surface area contributed by atoms with Gasteiger partial charge in [-0.05, 0) is 31.4 Å². The quantitative estimate of drug-likeness (QED) is 0.842. The zero-order chi connectivity index (χ0) is 11.7. The molecule has 0 aromatic carbocycles. The molecular formula is C13H21N3O. The predicted molar refractivity (Wildman–Crippen MR) is 66.2 cm³/mol. The van der Waals surface area contributed by atoms with Gasteiger partial charge in [0, 0.05) is 44.8 Å².